The normalized spacial score (nSPS) is 19.6. The van der Waals surface area contributed by atoms with Crippen LogP contribution in [-0.2, 0) is 19.6 Å². The Bertz CT molecular complexity index is 786. The number of amides is 2. The topological polar surface area (TPSA) is 108 Å². The molecule has 9 heteroatoms. The van der Waals surface area contributed by atoms with Crippen molar-refractivity contribution in [3.8, 4) is 0 Å². The Labute approximate surface area is 172 Å². The van der Waals surface area contributed by atoms with E-state index < -0.39 is 10.0 Å². The molecule has 2 amide bonds. The van der Waals surface area contributed by atoms with Crippen LogP contribution in [0, 0.1) is 11.8 Å². The second-order valence-electron chi connectivity index (χ2n) is 7.78. The maximum Gasteiger partial charge on any atom is 0.244 e. The smallest absolute Gasteiger partial charge is 0.244 e. The molecule has 0 aromatic carbocycles. The van der Waals surface area contributed by atoms with Crippen molar-refractivity contribution in [1.82, 2.24) is 19.9 Å². The summed E-state index contributed by atoms with van der Waals surface area (Å²) in [5.41, 5.74) is 0. The van der Waals surface area contributed by atoms with Crippen molar-refractivity contribution in [2.24, 2.45) is 11.8 Å². The quantitative estimate of drug-likeness (QED) is 0.644. The lowest BCUT2D eigenvalue weighted by molar-refractivity contribution is -0.127. The Hall–Kier alpha value is -2.00. The van der Waals surface area contributed by atoms with Crippen LogP contribution >= 0.6 is 0 Å². The van der Waals surface area contributed by atoms with Gasteiger partial charge in [0.25, 0.3) is 0 Å². The third kappa shape index (κ3) is 5.76. The summed E-state index contributed by atoms with van der Waals surface area (Å²) in [6, 6.07) is 3.13. The lowest BCUT2D eigenvalue weighted by Crippen LogP contribution is -2.44. The highest BCUT2D eigenvalue weighted by Crippen LogP contribution is 2.24. The molecule has 2 heterocycles. The van der Waals surface area contributed by atoms with E-state index in [4.69, 9.17) is 0 Å². The van der Waals surface area contributed by atoms with E-state index >= 15 is 0 Å². The SMILES string of the molecule is O=C(NCCNC(=O)C1CCN(S(=O)(=O)c2cccnc2)CC1)C1CCCCC1. The van der Waals surface area contributed by atoms with Crippen molar-refractivity contribution in [2.45, 2.75) is 49.8 Å². The molecule has 0 unspecified atom stereocenters. The molecule has 2 aliphatic rings. The fraction of sp³-hybridized carbons (Fsp3) is 0.650. The highest BCUT2D eigenvalue weighted by molar-refractivity contribution is 7.89. The monoisotopic (exact) mass is 422 g/mol. The molecule has 0 radical (unpaired) electrons. The van der Waals surface area contributed by atoms with E-state index in [9.17, 15) is 18.0 Å². The van der Waals surface area contributed by atoms with Crippen LogP contribution in [0.15, 0.2) is 29.4 Å². The zero-order chi connectivity index (χ0) is 20.7. The Kier molecular flexibility index (Phi) is 7.60. The summed E-state index contributed by atoms with van der Waals surface area (Å²) in [4.78, 5) is 28.5. The summed E-state index contributed by atoms with van der Waals surface area (Å²) < 4.78 is 26.6. The van der Waals surface area contributed by atoms with Gasteiger partial charge in [-0.2, -0.15) is 4.31 Å². The largest absolute Gasteiger partial charge is 0.354 e. The molecular formula is C20H30N4O4S. The number of sulfonamides is 1. The molecule has 1 aliphatic carbocycles. The van der Waals surface area contributed by atoms with Gasteiger partial charge in [-0.15, -0.1) is 0 Å². The van der Waals surface area contributed by atoms with Crippen molar-refractivity contribution >= 4 is 21.8 Å². The molecule has 29 heavy (non-hydrogen) atoms. The first-order valence-corrected chi connectivity index (χ1v) is 11.9. The van der Waals surface area contributed by atoms with Gasteiger partial charge in [0.2, 0.25) is 21.8 Å². The van der Waals surface area contributed by atoms with Crippen LogP contribution in [0.2, 0.25) is 0 Å². The second-order valence-corrected chi connectivity index (χ2v) is 9.72. The summed E-state index contributed by atoms with van der Waals surface area (Å²) in [5, 5.41) is 5.77. The average Bonchev–Trinajstić information content (AvgIpc) is 2.77. The molecule has 0 bridgehead atoms. The number of nitrogens with zero attached hydrogens (tertiary/aromatic N) is 2. The number of carbonyl (C=O) groups is 2. The van der Waals surface area contributed by atoms with E-state index in [2.05, 4.69) is 15.6 Å². The molecule has 0 spiro atoms. The van der Waals surface area contributed by atoms with E-state index in [-0.39, 0.29) is 28.5 Å². The van der Waals surface area contributed by atoms with Gasteiger partial charge in [0.1, 0.15) is 4.90 Å². The number of hydrogen-bond donors (Lipinski definition) is 2. The number of rotatable bonds is 7. The van der Waals surface area contributed by atoms with E-state index in [1.807, 2.05) is 0 Å². The first kappa shape index (κ1) is 21.7. The number of pyridine rings is 1. The lowest BCUT2D eigenvalue weighted by atomic mass is 9.89. The van der Waals surface area contributed by atoms with E-state index in [1.54, 1.807) is 6.07 Å². The standard InChI is InChI=1S/C20H30N4O4S/c25-19(16-5-2-1-3-6-16)22-11-12-23-20(26)17-8-13-24(14-9-17)29(27,28)18-7-4-10-21-15-18/h4,7,10,15-17H,1-3,5-6,8-9,11-14H2,(H,22,25)(H,23,26). The molecule has 3 rings (SSSR count). The summed E-state index contributed by atoms with van der Waals surface area (Å²) in [7, 11) is -3.56. The number of nitrogens with one attached hydrogen (secondary N) is 2. The van der Waals surface area contributed by atoms with Gasteiger partial charge in [-0.1, -0.05) is 19.3 Å². The molecule has 1 aromatic heterocycles. The zero-order valence-corrected chi connectivity index (χ0v) is 17.5. The highest BCUT2D eigenvalue weighted by Gasteiger charge is 2.32. The van der Waals surface area contributed by atoms with Gasteiger partial charge in [0.15, 0.2) is 0 Å². The highest BCUT2D eigenvalue weighted by atomic mass is 32.2. The molecule has 1 saturated heterocycles. The van der Waals surface area contributed by atoms with E-state index in [1.165, 1.54) is 29.2 Å². The Balaban J connectivity index is 1.37. The summed E-state index contributed by atoms with van der Waals surface area (Å²) in [5.74, 6) is -0.0712. The van der Waals surface area contributed by atoms with Crippen molar-refractivity contribution in [3.05, 3.63) is 24.5 Å². The van der Waals surface area contributed by atoms with Crippen molar-refractivity contribution in [2.75, 3.05) is 26.2 Å². The molecule has 2 fully saturated rings. The Morgan fingerprint density at radius 2 is 1.55 bits per heavy atom. The zero-order valence-electron chi connectivity index (χ0n) is 16.7. The van der Waals surface area contributed by atoms with Gasteiger partial charge < -0.3 is 10.6 Å². The number of hydrogen-bond acceptors (Lipinski definition) is 5. The molecule has 1 aromatic rings. The maximum atomic E-state index is 12.6. The van der Waals surface area contributed by atoms with Crippen LogP contribution in [0.3, 0.4) is 0 Å². The van der Waals surface area contributed by atoms with Crippen LogP contribution in [0.25, 0.3) is 0 Å². The first-order valence-electron chi connectivity index (χ1n) is 10.4. The number of carbonyl (C=O) groups excluding carboxylic acids is 2. The summed E-state index contributed by atoms with van der Waals surface area (Å²) >= 11 is 0. The van der Waals surface area contributed by atoms with Crippen LogP contribution in [-0.4, -0.2) is 55.7 Å². The second kappa shape index (κ2) is 10.2. The third-order valence-corrected chi connectivity index (χ3v) is 7.68. The molecule has 1 saturated carbocycles. The molecule has 8 nitrogen and oxygen atoms in total. The average molecular weight is 423 g/mol. The minimum atomic E-state index is -3.56. The minimum Gasteiger partial charge on any atom is -0.354 e. The van der Waals surface area contributed by atoms with Gasteiger partial charge in [-0.05, 0) is 37.8 Å². The van der Waals surface area contributed by atoms with Gasteiger partial charge in [-0.25, -0.2) is 8.42 Å². The van der Waals surface area contributed by atoms with Crippen LogP contribution < -0.4 is 10.6 Å². The third-order valence-electron chi connectivity index (χ3n) is 5.80. The predicted octanol–water partition coefficient (Wildman–Crippen LogP) is 1.29. The summed E-state index contributed by atoms with van der Waals surface area (Å²) in [6.07, 6.45) is 9.20. The minimum absolute atomic E-state index is 0.0738. The first-order chi connectivity index (χ1) is 14.0. The number of piperidine rings is 1. The van der Waals surface area contributed by atoms with Gasteiger partial charge in [0.05, 0.1) is 0 Å². The van der Waals surface area contributed by atoms with Crippen molar-refractivity contribution in [3.63, 3.8) is 0 Å². The number of aromatic nitrogens is 1. The summed E-state index contributed by atoms with van der Waals surface area (Å²) in [6.45, 7) is 1.45. The predicted molar refractivity (Wildman–Crippen MR) is 108 cm³/mol. The van der Waals surface area contributed by atoms with Gasteiger partial charge >= 0.3 is 0 Å². The van der Waals surface area contributed by atoms with Crippen molar-refractivity contribution in [1.29, 1.82) is 0 Å². The van der Waals surface area contributed by atoms with Gasteiger partial charge in [0, 0.05) is 50.4 Å². The Morgan fingerprint density at radius 3 is 2.10 bits per heavy atom. The van der Waals surface area contributed by atoms with E-state index in [0.717, 1.165) is 25.7 Å². The molecule has 160 valence electrons. The molecule has 2 N–H and O–H groups in total. The van der Waals surface area contributed by atoms with Crippen LogP contribution in [0.1, 0.15) is 44.9 Å². The fourth-order valence-corrected chi connectivity index (χ4v) is 5.47. The van der Waals surface area contributed by atoms with Crippen LogP contribution in [0.4, 0.5) is 0 Å². The van der Waals surface area contributed by atoms with Crippen molar-refractivity contribution < 1.29 is 18.0 Å². The molecule has 1 aliphatic heterocycles. The maximum absolute atomic E-state index is 12.6. The Morgan fingerprint density at radius 1 is 0.966 bits per heavy atom. The molecular weight excluding hydrogens is 392 g/mol. The van der Waals surface area contributed by atoms with Crippen LogP contribution in [0.5, 0.6) is 0 Å². The molecule has 0 atom stereocenters. The lowest BCUT2D eigenvalue weighted by Gasteiger charge is -2.30. The van der Waals surface area contributed by atoms with E-state index in [0.29, 0.717) is 39.0 Å². The fourth-order valence-electron chi connectivity index (χ4n) is 4.03. The van der Waals surface area contributed by atoms with Gasteiger partial charge in [-0.3, -0.25) is 14.6 Å².